The lowest BCUT2D eigenvalue weighted by atomic mass is 10.1. The number of halogens is 2. The van der Waals surface area contributed by atoms with E-state index in [1.165, 1.54) is 6.20 Å². The van der Waals surface area contributed by atoms with Gasteiger partial charge in [0.25, 0.3) is 5.91 Å². The Kier molecular flexibility index (Phi) is 10.4. The Labute approximate surface area is 266 Å². The van der Waals surface area contributed by atoms with Crippen LogP contribution < -0.4 is 24.9 Å². The molecule has 0 spiro atoms. The SMILES string of the molecule is Cc1ccc(-n2cc(C(=O)Nc3cc(F)cc(F)c3)c(=O)c3ccc(N(C)C)nc32)cc1OCCCCCCC[n+]1ccccc1. The summed E-state index contributed by atoms with van der Waals surface area (Å²) in [6, 6.07) is 17.7. The largest absolute Gasteiger partial charge is 0.493 e. The van der Waals surface area contributed by atoms with E-state index in [0.29, 0.717) is 35.6 Å². The van der Waals surface area contributed by atoms with Crippen molar-refractivity contribution in [2.45, 2.75) is 45.6 Å². The molecule has 2 aromatic carbocycles. The molecule has 8 nitrogen and oxygen atoms in total. The van der Waals surface area contributed by atoms with E-state index in [1.807, 2.05) is 62.3 Å². The minimum Gasteiger partial charge on any atom is -0.493 e. The molecule has 0 saturated heterocycles. The van der Waals surface area contributed by atoms with Gasteiger partial charge in [-0.15, -0.1) is 0 Å². The number of ether oxygens (including phenoxy) is 1. The van der Waals surface area contributed by atoms with E-state index < -0.39 is 23.0 Å². The maximum absolute atomic E-state index is 13.8. The lowest BCUT2D eigenvalue weighted by Crippen LogP contribution is -2.32. The number of amides is 1. The number of aryl methyl sites for hydroxylation is 2. The summed E-state index contributed by atoms with van der Waals surface area (Å²) in [5.74, 6) is -1.18. The van der Waals surface area contributed by atoms with E-state index in [-0.39, 0.29) is 16.6 Å². The van der Waals surface area contributed by atoms with E-state index >= 15 is 0 Å². The van der Waals surface area contributed by atoms with Gasteiger partial charge in [-0.1, -0.05) is 25.0 Å². The van der Waals surface area contributed by atoms with Crippen molar-refractivity contribution < 1.29 is 22.9 Å². The van der Waals surface area contributed by atoms with Gasteiger partial charge in [-0.05, 0) is 55.7 Å². The van der Waals surface area contributed by atoms with E-state index in [2.05, 4.69) is 22.3 Å². The maximum atomic E-state index is 13.8. The van der Waals surface area contributed by atoms with Crippen LogP contribution in [0.1, 0.15) is 48.0 Å². The molecule has 0 bridgehead atoms. The summed E-state index contributed by atoms with van der Waals surface area (Å²) >= 11 is 0. The summed E-state index contributed by atoms with van der Waals surface area (Å²) in [4.78, 5) is 33.4. The Morgan fingerprint density at radius 1 is 0.935 bits per heavy atom. The number of pyridine rings is 3. The second kappa shape index (κ2) is 14.8. The molecule has 1 N–H and O–H groups in total. The first-order valence-electron chi connectivity index (χ1n) is 15.4. The number of nitrogens with zero attached hydrogens (tertiary/aromatic N) is 4. The standard InChI is InChI=1S/C36H37F2N5O3/c1-25-12-13-29(23-32(25)46-19-11-6-4-5-8-16-42-17-9-7-10-18-42)43-24-31(36(45)39-28-21-26(37)20-27(38)22-28)34(44)30-14-15-33(41(2)3)40-35(30)43/h7,9-10,12-15,17-18,20-24H,4-6,8,11,16,19H2,1-3H3/p+1. The molecule has 0 aliphatic carbocycles. The van der Waals surface area contributed by atoms with Crippen LogP contribution >= 0.6 is 0 Å². The molecule has 10 heteroatoms. The lowest BCUT2D eigenvalue weighted by molar-refractivity contribution is -0.697. The number of carbonyl (C=O) groups is 1. The topological polar surface area (TPSA) is 80.3 Å². The Bertz CT molecular complexity index is 1870. The van der Waals surface area contributed by atoms with Crippen molar-refractivity contribution in [1.82, 2.24) is 9.55 Å². The van der Waals surface area contributed by atoms with Crippen LogP contribution in [0.4, 0.5) is 20.3 Å². The van der Waals surface area contributed by atoms with E-state index in [4.69, 9.17) is 9.72 Å². The molecule has 46 heavy (non-hydrogen) atoms. The molecular weight excluding hydrogens is 588 g/mol. The fourth-order valence-electron chi connectivity index (χ4n) is 5.21. The Morgan fingerprint density at radius 3 is 2.39 bits per heavy atom. The van der Waals surface area contributed by atoms with Gasteiger partial charge < -0.3 is 19.5 Å². The smallest absolute Gasteiger partial charge is 0.261 e. The molecule has 3 heterocycles. The first kappa shape index (κ1) is 32.3. The number of unbranched alkanes of at least 4 members (excludes halogenated alkanes) is 4. The van der Waals surface area contributed by atoms with Crippen LogP contribution in [0.3, 0.4) is 0 Å². The number of anilines is 2. The number of nitrogens with one attached hydrogen (secondary N) is 1. The molecule has 0 atom stereocenters. The van der Waals surface area contributed by atoms with Crippen molar-refractivity contribution in [1.29, 1.82) is 0 Å². The fraction of sp³-hybridized carbons (Fsp3) is 0.278. The number of rotatable bonds is 13. The summed E-state index contributed by atoms with van der Waals surface area (Å²) < 4.78 is 37.6. The predicted molar refractivity (Wildman–Crippen MR) is 176 cm³/mol. The predicted octanol–water partition coefficient (Wildman–Crippen LogP) is 6.61. The summed E-state index contributed by atoms with van der Waals surface area (Å²) in [6.07, 6.45) is 11.0. The molecule has 1 amide bonds. The summed E-state index contributed by atoms with van der Waals surface area (Å²) in [5.41, 5.74) is 1.08. The van der Waals surface area contributed by atoms with Crippen molar-refractivity contribution in [3.05, 3.63) is 118 Å². The van der Waals surface area contributed by atoms with Crippen LogP contribution in [0.2, 0.25) is 0 Å². The molecule has 0 fully saturated rings. The fourth-order valence-corrected chi connectivity index (χ4v) is 5.21. The molecule has 0 radical (unpaired) electrons. The number of aromatic nitrogens is 3. The Balaban J connectivity index is 1.35. The van der Waals surface area contributed by atoms with E-state index in [9.17, 15) is 18.4 Å². The third kappa shape index (κ3) is 7.93. The van der Waals surface area contributed by atoms with Crippen LogP contribution in [0.5, 0.6) is 5.75 Å². The molecule has 0 unspecified atom stereocenters. The van der Waals surface area contributed by atoms with Gasteiger partial charge in [0.05, 0.1) is 17.7 Å². The van der Waals surface area contributed by atoms with Crippen molar-refractivity contribution in [2.75, 3.05) is 30.9 Å². The minimum absolute atomic E-state index is 0.101. The van der Waals surface area contributed by atoms with Gasteiger partial charge in [0.1, 0.15) is 35.3 Å². The lowest BCUT2D eigenvalue weighted by Gasteiger charge is -2.18. The molecule has 0 aliphatic rings. The summed E-state index contributed by atoms with van der Waals surface area (Å²) in [7, 11) is 3.69. The van der Waals surface area contributed by atoms with Gasteiger partial charge in [0, 0.05) is 56.7 Å². The second-order valence-electron chi connectivity index (χ2n) is 11.5. The van der Waals surface area contributed by atoms with Gasteiger partial charge in [-0.25, -0.2) is 18.3 Å². The minimum atomic E-state index is -0.846. The van der Waals surface area contributed by atoms with Gasteiger partial charge >= 0.3 is 0 Å². The second-order valence-corrected chi connectivity index (χ2v) is 11.5. The van der Waals surface area contributed by atoms with Crippen molar-refractivity contribution in [3.8, 4) is 11.4 Å². The number of hydrogen-bond acceptors (Lipinski definition) is 5. The number of benzene rings is 2. The maximum Gasteiger partial charge on any atom is 0.261 e. The van der Waals surface area contributed by atoms with Crippen LogP contribution in [-0.4, -0.2) is 36.2 Å². The molecule has 0 saturated carbocycles. The number of carbonyl (C=O) groups excluding carboxylic acids is 1. The molecule has 5 aromatic rings. The highest BCUT2D eigenvalue weighted by Gasteiger charge is 2.19. The average molecular weight is 627 g/mol. The number of fused-ring (bicyclic) bond motifs is 1. The first-order chi connectivity index (χ1) is 22.2. The average Bonchev–Trinajstić information content (AvgIpc) is 3.03. The molecule has 0 aliphatic heterocycles. The molecule has 238 valence electrons. The van der Waals surface area contributed by atoms with Crippen molar-refractivity contribution >= 4 is 28.4 Å². The summed E-state index contributed by atoms with van der Waals surface area (Å²) in [5, 5.41) is 2.67. The highest BCUT2D eigenvalue weighted by atomic mass is 19.1. The highest BCUT2D eigenvalue weighted by molar-refractivity contribution is 6.05. The van der Waals surface area contributed by atoms with Gasteiger partial charge in [0.15, 0.2) is 18.0 Å². The van der Waals surface area contributed by atoms with Gasteiger partial charge in [-0.2, -0.15) is 0 Å². The summed E-state index contributed by atoms with van der Waals surface area (Å²) in [6.45, 7) is 3.54. The van der Waals surface area contributed by atoms with Crippen molar-refractivity contribution in [2.24, 2.45) is 0 Å². The van der Waals surface area contributed by atoms with Gasteiger partial charge in [0.2, 0.25) is 5.43 Å². The molecular formula is C36H38F2N5O3+. The highest BCUT2D eigenvalue weighted by Crippen LogP contribution is 2.26. The Hall–Kier alpha value is -5.12. The van der Waals surface area contributed by atoms with Crippen LogP contribution in [0, 0.1) is 18.6 Å². The zero-order valence-electron chi connectivity index (χ0n) is 26.3. The Morgan fingerprint density at radius 2 is 1.65 bits per heavy atom. The van der Waals surface area contributed by atoms with Crippen LogP contribution in [0.25, 0.3) is 16.7 Å². The quantitative estimate of drug-likeness (QED) is 0.118. The normalized spacial score (nSPS) is 11.1. The third-order valence-electron chi connectivity index (χ3n) is 7.70. The third-order valence-corrected chi connectivity index (χ3v) is 7.70. The zero-order valence-corrected chi connectivity index (χ0v) is 26.3. The van der Waals surface area contributed by atoms with Gasteiger partial charge in [-0.3, -0.25) is 9.59 Å². The molecule has 5 rings (SSSR count). The number of hydrogen-bond donors (Lipinski definition) is 1. The van der Waals surface area contributed by atoms with E-state index in [0.717, 1.165) is 56.3 Å². The molecule has 3 aromatic heterocycles. The first-order valence-corrected chi connectivity index (χ1v) is 15.4. The van der Waals surface area contributed by atoms with Crippen LogP contribution in [0.15, 0.2) is 90.1 Å². The van der Waals surface area contributed by atoms with Crippen molar-refractivity contribution in [3.63, 3.8) is 0 Å². The van der Waals surface area contributed by atoms with E-state index in [1.54, 1.807) is 16.7 Å². The van der Waals surface area contributed by atoms with Crippen LogP contribution in [-0.2, 0) is 6.54 Å². The zero-order chi connectivity index (χ0) is 32.6. The monoisotopic (exact) mass is 626 g/mol.